The average Bonchev–Trinajstić information content (AvgIpc) is 3.17. The number of hydrogen-bond donors (Lipinski definition) is 1. The summed E-state index contributed by atoms with van der Waals surface area (Å²) < 4.78 is 31.5. The summed E-state index contributed by atoms with van der Waals surface area (Å²) in [6.07, 6.45) is -0.484. The maximum atomic E-state index is 12.2. The van der Waals surface area contributed by atoms with Gasteiger partial charge in [0.25, 0.3) is 0 Å². The van der Waals surface area contributed by atoms with Crippen molar-refractivity contribution in [3.8, 4) is 0 Å². The first-order valence-corrected chi connectivity index (χ1v) is 17.2. The van der Waals surface area contributed by atoms with Crippen molar-refractivity contribution in [3.05, 3.63) is 185 Å². The van der Waals surface area contributed by atoms with Gasteiger partial charge in [-0.1, -0.05) is 128 Å². The molecule has 0 aromatic heterocycles. The highest BCUT2D eigenvalue weighted by Crippen LogP contribution is 2.52. The minimum Gasteiger partial charge on any atom is -0.498 e. The molecule has 5 rings (SSSR count). The molecule has 0 spiro atoms. The summed E-state index contributed by atoms with van der Waals surface area (Å²) in [5.41, 5.74) is 7.85. The third-order valence-electron chi connectivity index (χ3n) is 9.44. The number of halogens is 1. The van der Waals surface area contributed by atoms with Gasteiger partial charge >= 0.3 is 0 Å². The number of allylic oxidation sites excluding steroid dienone is 1. The van der Waals surface area contributed by atoms with E-state index in [0.29, 0.717) is 22.9 Å². The fraction of sp³-hybridized carbons (Fsp3) is 0.233. The standard InChI is InChI=1S/C43H43IO6/c1-7-33(29-20-12-8-13-21-29)38(45)36(30-22-14-9-15-23-30)40(48-5)35(46-3)28-34-39(47-4)37(31-24-16-10-17-25-31)42(50-44)43(2,41(34)49-6)32-26-18-11-19-27-32/h8-28,36,38,40-41,45H,1H2,2-6H3/b35-28-. The third-order valence-corrected chi connectivity index (χ3v) is 9.88. The summed E-state index contributed by atoms with van der Waals surface area (Å²) >= 11 is 1.95. The first-order valence-electron chi connectivity index (χ1n) is 16.3. The van der Waals surface area contributed by atoms with Gasteiger partial charge < -0.3 is 27.1 Å². The van der Waals surface area contributed by atoms with Crippen LogP contribution in [0.1, 0.15) is 35.1 Å². The van der Waals surface area contributed by atoms with Gasteiger partial charge in [0.15, 0.2) is 23.0 Å². The van der Waals surface area contributed by atoms with Crippen LogP contribution in [0.2, 0.25) is 0 Å². The van der Waals surface area contributed by atoms with Crippen LogP contribution in [0, 0.1) is 0 Å². The van der Waals surface area contributed by atoms with Crippen LogP contribution in [0.15, 0.2) is 163 Å². The lowest BCUT2D eigenvalue weighted by atomic mass is 9.67. The summed E-state index contributed by atoms with van der Waals surface area (Å²) in [5.74, 6) is 1.11. The average molecular weight is 783 g/mol. The van der Waals surface area contributed by atoms with Crippen LogP contribution in [0.4, 0.5) is 0 Å². The Balaban J connectivity index is 1.78. The zero-order valence-corrected chi connectivity index (χ0v) is 31.2. The minimum atomic E-state index is -1.06. The number of methoxy groups -OCH3 is 4. The van der Waals surface area contributed by atoms with Crippen LogP contribution >= 0.6 is 23.0 Å². The van der Waals surface area contributed by atoms with E-state index in [1.165, 1.54) is 0 Å². The number of ether oxygens (including phenoxy) is 4. The maximum Gasteiger partial charge on any atom is 0.192 e. The molecule has 5 unspecified atom stereocenters. The van der Waals surface area contributed by atoms with Gasteiger partial charge in [-0.05, 0) is 35.3 Å². The summed E-state index contributed by atoms with van der Waals surface area (Å²) in [4.78, 5) is 0. The molecule has 0 amide bonds. The van der Waals surface area contributed by atoms with Gasteiger partial charge in [-0.15, -0.1) is 5.73 Å². The van der Waals surface area contributed by atoms with Crippen LogP contribution in [0.5, 0.6) is 0 Å². The topological polar surface area (TPSA) is 66.4 Å². The monoisotopic (exact) mass is 782 g/mol. The second kappa shape index (κ2) is 17.0. The molecule has 0 fully saturated rings. The zero-order valence-electron chi connectivity index (χ0n) is 29.0. The van der Waals surface area contributed by atoms with Crippen molar-refractivity contribution in [2.24, 2.45) is 0 Å². The van der Waals surface area contributed by atoms with Crippen molar-refractivity contribution in [3.63, 3.8) is 0 Å². The van der Waals surface area contributed by atoms with Gasteiger partial charge in [0, 0.05) is 31.3 Å². The Bertz CT molecular complexity index is 1860. The maximum absolute atomic E-state index is 12.2. The van der Waals surface area contributed by atoms with Crippen molar-refractivity contribution in [2.45, 2.75) is 36.6 Å². The van der Waals surface area contributed by atoms with Gasteiger partial charge in [0.05, 0.1) is 31.3 Å². The molecular weight excluding hydrogens is 739 g/mol. The molecule has 7 heteroatoms. The first-order chi connectivity index (χ1) is 24.4. The van der Waals surface area contributed by atoms with Gasteiger partial charge in [-0.25, -0.2) is 0 Å². The highest BCUT2D eigenvalue weighted by molar-refractivity contribution is 14.1. The lowest BCUT2D eigenvalue weighted by molar-refractivity contribution is 0.0271. The lowest BCUT2D eigenvalue weighted by Gasteiger charge is -2.43. The fourth-order valence-electron chi connectivity index (χ4n) is 7.06. The molecule has 0 saturated heterocycles. The normalized spacial score (nSPS) is 19.7. The minimum absolute atomic E-state index is 0.463. The Kier molecular flexibility index (Phi) is 12.6. The lowest BCUT2D eigenvalue weighted by Crippen LogP contribution is -2.45. The molecule has 4 aromatic carbocycles. The van der Waals surface area contributed by atoms with E-state index in [9.17, 15) is 5.11 Å². The number of aliphatic hydroxyl groups is 1. The summed E-state index contributed by atoms with van der Waals surface area (Å²) in [7, 11) is 6.55. The van der Waals surface area contributed by atoms with Crippen LogP contribution < -0.4 is 0 Å². The van der Waals surface area contributed by atoms with Crippen molar-refractivity contribution < 1.29 is 27.1 Å². The van der Waals surface area contributed by atoms with Gasteiger partial charge in [0.1, 0.15) is 29.5 Å². The molecular formula is C43H43IO6. The predicted octanol–water partition coefficient (Wildman–Crippen LogP) is 9.21. The van der Waals surface area contributed by atoms with E-state index in [2.05, 4.69) is 31.4 Å². The number of benzene rings is 4. The summed E-state index contributed by atoms with van der Waals surface area (Å²) in [5, 5.41) is 12.2. The van der Waals surface area contributed by atoms with Crippen molar-refractivity contribution in [1.29, 1.82) is 0 Å². The molecule has 5 atom stereocenters. The highest BCUT2D eigenvalue weighted by atomic mass is 127. The molecule has 0 aliphatic heterocycles. The van der Waals surface area contributed by atoms with E-state index in [4.69, 9.17) is 22.0 Å². The molecule has 0 heterocycles. The Morgan fingerprint density at radius 3 is 1.90 bits per heavy atom. The molecule has 1 aliphatic carbocycles. The van der Waals surface area contributed by atoms with Gasteiger partial charge in [-0.2, -0.15) is 0 Å². The molecule has 0 saturated carbocycles. The molecule has 0 bridgehead atoms. The Morgan fingerprint density at radius 1 is 0.840 bits per heavy atom. The van der Waals surface area contributed by atoms with Crippen molar-refractivity contribution >= 4 is 34.2 Å². The molecule has 1 aliphatic rings. The van der Waals surface area contributed by atoms with E-state index in [1.807, 2.05) is 138 Å². The third kappa shape index (κ3) is 7.11. The van der Waals surface area contributed by atoms with Crippen LogP contribution in [-0.4, -0.2) is 51.9 Å². The number of aliphatic hydroxyl groups excluding tert-OH is 1. The smallest absolute Gasteiger partial charge is 0.192 e. The largest absolute Gasteiger partial charge is 0.498 e. The van der Waals surface area contributed by atoms with E-state index in [1.54, 1.807) is 28.4 Å². The quantitative estimate of drug-likeness (QED) is 0.0783. The van der Waals surface area contributed by atoms with Crippen molar-refractivity contribution in [1.82, 2.24) is 0 Å². The van der Waals surface area contributed by atoms with Gasteiger partial charge in [-0.3, -0.25) is 0 Å². The van der Waals surface area contributed by atoms with E-state index < -0.39 is 29.6 Å². The van der Waals surface area contributed by atoms with E-state index in [-0.39, 0.29) is 0 Å². The molecule has 258 valence electrons. The van der Waals surface area contributed by atoms with E-state index >= 15 is 0 Å². The van der Waals surface area contributed by atoms with Crippen LogP contribution in [0.3, 0.4) is 0 Å². The molecule has 4 aromatic rings. The van der Waals surface area contributed by atoms with Gasteiger partial charge in [0.2, 0.25) is 0 Å². The Morgan fingerprint density at radius 2 is 1.40 bits per heavy atom. The molecule has 0 radical (unpaired) electrons. The van der Waals surface area contributed by atoms with Crippen molar-refractivity contribution in [2.75, 3.05) is 28.4 Å². The number of rotatable bonds is 14. The fourth-order valence-corrected chi connectivity index (χ4v) is 7.73. The Hall–Kier alpha value is -4.37. The number of hydrogen-bond acceptors (Lipinski definition) is 6. The zero-order chi connectivity index (χ0) is 35.7. The first kappa shape index (κ1) is 36.9. The molecule has 50 heavy (non-hydrogen) atoms. The highest BCUT2D eigenvalue weighted by Gasteiger charge is 2.50. The molecule has 6 nitrogen and oxygen atoms in total. The Labute approximate surface area is 309 Å². The second-order valence-electron chi connectivity index (χ2n) is 12.1. The molecule has 1 N–H and O–H groups in total. The second-order valence-corrected chi connectivity index (χ2v) is 12.5. The predicted molar refractivity (Wildman–Crippen MR) is 207 cm³/mol. The summed E-state index contributed by atoms with van der Waals surface area (Å²) in [6, 6.07) is 39.6. The summed E-state index contributed by atoms with van der Waals surface area (Å²) in [6.45, 7) is 6.07. The SMILES string of the molecule is C=C=C(c1ccccc1)C(O)C(c1ccccc1)C(OC)/C(=C/C1=C(OC)C(c2ccccc2)=C(OI)C(C)(c2ccccc2)C1OC)OC. The van der Waals surface area contributed by atoms with Crippen LogP contribution in [0.25, 0.3) is 11.1 Å². The van der Waals surface area contributed by atoms with Crippen LogP contribution in [-0.2, 0) is 27.4 Å². The van der Waals surface area contributed by atoms with E-state index in [0.717, 1.165) is 33.4 Å².